The Kier molecular flexibility index (Phi) is 5.93. The maximum Gasteiger partial charge on any atom is 0.269 e. The van der Waals surface area contributed by atoms with Gasteiger partial charge in [0.25, 0.3) is 21.6 Å². The number of anilines is 1. The van der Waals surface area contributed by atoms with Gasteiger partial charge in [0.15, 0.2) is 0 Å². The topological polar surface area (TPSA) is 141 Å². The van der Waals surface area contributed by atoms with Crippen LogP contribution < -0.4 is 14.8 Å². The van der Waals surface area contributed by atoms with Crippen molar-refractivity contribution in [1.82, 2.24) is 10.3 Å². The van der Waals surface area contributed by atoms with Gasteiger partial charge in [0.2, 0.25) is 0 Å². The number of hydrogen-bond acceptors (Lipinski definition) is 7. The van der Waals surface area contributed by atoms with Gasteiger partial charge >= 0.3 is 0 Å². The van der Waals surface area contributed by atoms with Crippen molar-refractivity contribution in [2.75, 3.05) is 11.8 Å². The van der Waals surface area contributed by atoms with Crippen LogP contribution in [0.3, 0.4) is 0 Å². The van der Waals surface area contributed by atoms with E-state index in [0.29, 0.717) is 11.5 Å². The third-order valence-electron chi connectivity index (χ3n) is 3.89. The highest BCUT2D eigenvalue weighted by atomic mass is 32.2. The van der Waals surface area contributed by atoms with E-state index in [4.69, 9.17) is 4.74 Å². The number of sulfonamides is 1. The fourth-order valence-electron chi connectivity index (χ4n) is 2.42. The van der Waals surface area contributed by atoms with Crippen LogP contribution in [0.5, 0.6) is 11.5 Å². The Morgan fingerprint density at radius 3 is 2.30 bits per heavy atom. The number of pyridine rings is 1. The minimum atomic E-state index is -3.91. The molecule has 0 atom stereocenters. The molecule has 0 bridgehead atoms. The summed E-state index contributed by atoms with van der Waals surface area (Å²) in [6.45, 7) is 0. The molecule has 2 aromatic carbocycles. The van der Waals surface area contributed by atoms with Gasteiger partial charge in [0, 0.05) is 37.1 Å². The third kappa shape index (κ3) is 4.89. The lowest BCUT2D eigenvalue weighted by molar-refractivity contribution is -0.384. The fourth-order valence-corrected chi connectivity index (χ4v) is 3.47. The second-order valence-electron chi connectivity index (χ2n) is 5.94. The Hall–Kier alpha value is -3.99. The summed E-state index contributed by atoms with van der Waals surface area (Å²) >= 11 is 0. The summed E-state index contributed by atoms with van der Waals surface area (Å²) in [7, 11) is -2.42. The first-order chi connectivity index (χ1) is 14.3. The van der Waals surface area contributed by atoms with Crippen molar-refractivity contribution >= 4 is 27.3 Å². The Balaban J connectivity index is 1.71. The van der Waals surface area contributed by atoms with Crippen LogP contribution in [0.15, 0.2) is 71.8 Å². The molecule has 0 saturated heterocycles. The molecule has 0 spiro atoms. The number of hydrogen-bond donors (Lipinski definition) is 2. The van der Waals surface area contributed by atoms with Crippen LogP contribution in [0.1, 0.15) is 10.5 Å². The molecular weight excluding hydrogens is 412 g/mol. The van der Waals surface area contributed by atoms with Crippen molar-refractivity contribution in [1.29, 1.82) is 0 Å². The molecule has 154 valence electrons. The van der Waals surface area contributed by atoms with Gasteiger partial charge in [-0.2, -0.15) is 0 Å². The first-order valence-corrected chi connectivity index (χ1v) is 10.00. The van der Waals surface area contributed by atoms with E-state index < -0.39 is 14.9 Å². The van der Waals surface area contributed by atoms with Crippen LogP contribution in [0, 0.1) is 10.1 Å². The number of amides is 1. The number of benzene rings is 2. The number of nitro groups is 1. The Bertz CT molecular complexity index is 1180. The third-order valence-corrected chi connectivity index (χ3v) is 5.29. The molecular formula is C19H16N4O6S. The summed E-state index contributed by atoms with van der Waals surface area (Å²) in [6, 6.07) is 13.7. The van der Waals surface area contributed by atoms with Crippen LogP contribution in [-0.2, 0) is 10.0 Å². The van der Waals surface area contributed by atoms with Crippen molar-refractivity contribution < 1.29 is 22.9 Å². The van der Waals surface area contributed by atoms with E-state index in [1.165, 1.54) is 31.4 Å². The summed E-state index contributed by atoms with van der Waals surface area (Å²) in [6.07, 6.45) is 1.44. The van der Waals surface area contributed by atoms with Gasteiger partial charge < -0.3 is 10.1 Å². The highest BCUT2D eigenvalue weighted by molar-refractivity contribution is 7.92. The molecule has 0 fully saturated rings. The van der Waals surface area contributed by atoms with Gasteiger partial charge in [0.05, 0.1) is 9.82 Å². The van der Waals surface area contributed by atoms with Crippen molar-refractivity contribution in [3.8, 4) is 11.5 Å². The number of nitrogens with zero attached hydrogens (tertiary/aromatic N) is 2. The highest BCUT2D eigenvalue weighted by Gasteiger charge is 2.16. The number of rotatable bonds is 7. The molecule has 10 nitrogen and oxygen atoms in total. The van der Waals surface area contributed by atoms with Crippen molar-refractivity contribution in [2.24, 2.45) is 0 Å². The van der Waals surface area contributed by atoms with Crippen LogP contribution in [0.4, 0.5) is 11.4 Å². The zero-order chi connectivity index (χ0) is 21.7. The maximum atomic E-state index is 12.4. The molecule has 3 rings (SSSR count). The first kappa shape index (κ1) is 20.7. The van der Waals surface area contributed by atoms with E-state index >= 15 is 0 Å². The number of nitrogens with one attached hydrogen (secondary N) is 2. The molecule has 30 heavy (non-hydrogen) atoms. The maximum absolute atomic E-state index is 12.4. The number of ether oxygens (including phenoxy) is 1. The van der Waals surface area contributed by atoms with Crippen molar-refractivity contribution in [2.45, 2.75) is 4.90 Å². The predicted octanol–water partition coefficient (Wildman–Crippen LogP) is 2.94. The minimum Gasteiger partial charge on any atom is -0.457 e. The van der Waals surface area contributed by atoms with E-state index in [2.05, 4.69) is 15.0 Å². The van der Waals surface area contributed by atoms with Crippen molar-refractivity contribution in [3.05, 3.63) is 82.7 Å². The van der Waals surface area contributed by atoms with Crippen molar-refractivity contribution in [3.63, 3.8) is 0 Å². The minimum absolute atomic E-state index is 0.105. The molecule has 1 heterocycles. The monoisotopic (exact) mass is 428 g/mol. The number of nitro benzene ring substituents is 1. The predicted molar refractivity (Wildman–Crippen MR) is 108 cm³/mol. The molecule has 0 radical (unpaired) electrons. The largest absolute Gasteiger partial charge is 0.457 e. The average Bonchev–Trinajstić information content (AvgIpc) is 2.74. The van der Waals surface area contributed by atoms with Crippen LogP contribution in [0.2, 0.25) is 0 Å². The zero-order valence-corrected chi connectivity index (χ0v) is 16.4. The first-order valence-electron chi connectivity index (χ1n) is 8.52. The van der Waals surface area contributed by atoms with Gasteiger partial charge in [-0.25, -0.2) is 8.42 Å². The summed E-state index contributed by atoms with van der Waals surface area (Å²) in [5, 5.41) is 13.2. The van der Waals surface area contributed by atoms with Gasteiger partial charge in [0.1, 0.15) is 17.2 Å². The molecule has 0 saturated carbocycles. The molecule has 11 heteroatoms. The van der Waals surface area contributed by atoms with Gasteiger partial charge in [-0.15, -0.1) is 0 Å². The second-order valence-corrected chi connectivity index (χ2v) is 7.62. The number of carbonyl (C=O) groups excluding carboxylic acids is 1. The Morgan fingerprint density at radius 2 is 1.70 bits per heavy atom. The quantitative estimate of drug-likeness (QED) is 0.435. The SMILES string of the molecule is CNC(=O)c1cc(Oc2ccc(NS(=O)(=O)c3ccc([N+](=O)[O-])cc3)cc2)ccn1. The van der Waals surface area contributed by atoms with Gasteiger partial charge in [-0.1, -0.05) is 0 Å². The van der Waals surface area contributed by atoms with Crippen LogP contribution in [-0.4, -0.2) is 31.3 Å². The lowest BCUT2D eigenvalue weighted by Gasteiger charge is -2.10. The molecule has 0 aliphatic carbocycles. The lowest BCUT2D eigenvalue weighted by Crippen LogP contribution is -2.18. The van der Waals surface area contributed by atoms with Gasteiger partial charge in [-0.05, 0) is 42.5 Å². The zero-order valence-electron chi connectivity index (χ0n) is 15.6. The Labute approximate surface area is 171 Å². The normalized spacial score (nSPS) is 10.8. The lowest BCUT2D eigenvalue weighted by atomic mass is 10.3. The number of non-ortho nitro benzene ring substituents is 1. The highest BCUT2D eigenvalue weighted by Crippen LogP contribution is 2.25. The Morgan fingerprint density at radius 1 is 1.03 bits per heavy atom. The molecule has 1 aromatic heterocycles. The number of carbonyl (C=O) groups is 1. The second kappa shape index (κ2) is 8.57. The molecule has 3 aromatic rings. The molecule has 0 unspecified atom stereocenters. The summed E-state index contributed by atoms with van der Waals surface area (Å²) in [5.41, 5.74) is 0.273. The number of aromatic nitrogens is 1. The van der Waals surface area contributed by atoms with Crippen LogP contribution >= 0.6 is 0 Å². The van der Waals surface area contributed by atoms with E-state index in [1.54, 1.807) is 18.2 Å². The van der Waals surface area contributed by atoms with E-state index in [1.807, 2.05) is 0 Å². The summed E-state index contributed by atoms with van der Waals surface area (Å²) < 4.78 is 32.9. The smallest absolute Gasteiger partial charge is 0.269 e. The summed E-state index contributed by atoms with van der Waals surface area (Å²) in [5.74, 6) is 0.460. The molecule has 1 amide bonds. The molecule has 0 aliphatic heterocycles. The van der Waals surface area contributed by atoms with E-state index in [-0.39, 0.29) is 27.9 Å². The standard InChI is InChI=1S/C19H16N4O6S/c1-20-19(24)18-12-16(10-11-21-18)29-15-6-2-13(3-7-15)22-30(27,28)17-8-4-14(5-9-17)23(25)26/h2-12,22H,1H3,(H,20,24). The van der Waals surface area contributed by atoms with E-state index in [0.717, 1.165) is 24.3 Å². The van der Waals surface area contributed by atoms with Crippen LogP contribution in [0.25, 0.3) is 0 Å². The van der Waals surface area contributed by atoms with E-state index in [9.17, 15) is 23.3 Å². The fraction of sp³-hybridized carbons (Fsp3) is 0.0526. The van der Waals surface area contributed by atoms with Gasteiger partial charge in [-0.3, -0.25) is 24.6 Å². The molecule has 0 aliphatic rings. The average molecular weight is 428 g/mol. The molecule has 2 N–H and O–H groups in total. The summed E-state index contributed by atoms with van der Waals surface area (Å²) in [4.78, 5) is 25.6.